The number of hydrogen-bond acceptors (Lipinski definition) is 9. The summed E-state index contributed by atoms with van der Waals surface area (Å²) in [5, 5.41) is 9.50. The van der Waals surface area contributed by atoms with E-state index < -0.39 is 6.61 Å². The van der Waals surface area contributed by atoms with Crippen LogP contribution in [0.15, 0.2) is 72.8 Å². The summed E-state index contributed by atoms with van der Waals surface area (Å²) in [4.78, 5) is 30.9. The Balaban J connectivity index is 1.72. The summed E-state index contributed by atoms with van der Waals surface area (Å²) in [6.07, 6.45) is 0. The summed E-state index contributed by atoms with van der Waals surface area (Å²) in [5.74, 6) is 0.674. The summed E-state index contributed by atoms with van der Waals surface area (Å²) in [7, 11) is 1.39. The molecule has 4 rings (SSSR count). The molecule has 0 amide bonds. The maximum atomic E-state index is 12.4. The van der Waals surface area contributed by atoms with E-state index in [4.69, 9.17) is 14.2 Å². The summed E-state index contributed by atoms with van der Waals surface area (Å²) in [6.45, 7) is 4.34. The molecular formula is C31H37N3O6. The van der Waals surface area contributed by atoms with E-state index in [1.54, 1.807) is 0 Å². The molecule has 1 heterocycles. The highest BCUT2D eigenvalue weighted by molar-refractivity contribution is 5.85. The van der Waals surface area contributed by atoms with Gasteiger partial charge in [0.25, 0.3) is 0 Å². The highest BCUT2D eigenvalue weighted by atomic mass is 16.5. The minimum atomic E-state index is -0.532. The number of hydrogen-bond donors (Lipinski definition) is 1. The third-order valence-corrected chi connectivity index (χ3v) is 6.75. The quantitative estimate of drug-likeness (QED) is 0.467. The van der Waals surface area contributed by atoms with Crippen molar-refractivity contribution in [2.75, 3.05) is 80.9 Å². The Hall–Kier alpha value is -4.24. The molecule has 0 unspecified atom stereocenters. The van der Waals surface area contributed by atoms with E-state index in [-0.39, 0.29) is 38.1 Å². The number of fused-ring (bicyclic) bond motifs is 2. The van der Waals surface area contributed by atoms with Crippen LogP contribution in [0.2, 0.25) is 0 Å². The molecule has 1 N–H and O–H groups in total. The van der Waals surface area contributed by atoms with Gasteiger partial charge in [0, 0.05) is 31.9 Å². The van der Waals surface area contributed by atoms with Crippen molar-refractivity contribution in [1.82, 2.24) is 0 Å². The third-order valence-electron chi connectivity index (χ3n) is 6.75. The smallest absolute Gasteiger partial charge is 0.325 e. The van der Waals surface area contributed by atoms with Gasteiger partial charge in [0.2, 0.25) is 0 Å². The average Bonchev–Trinajstić information content (AvgIpc) is 2.98. The van der Waals surface area contributed by atoms with Crippen LogP contribution in [0.3, 0.4) is 0 Å². The lowest BCUT2D eigenvalue weighted by Gasteiger charge is -2.33. The number of methoxy groups -OCH3 is 1. The molecule has 1 aliphatic rings. The first kappa shape index (κ1) is 28.8. The molecule has 212 valence electrons. The number of ketones is 1. The number of ether oxygens (including phenoxy) is 3. The molecule has 0 aromatic heterocycles. The molecule has 3 aromatic carbocycles. The van der Waals surface area contributed by atoms with E-state index >= 15 is 0 Å². The van der Waals surface area contributed by atoms with Crippen LogP contribution in [0.4, 0.5) is 17.1 Å². The Morgan fingerprint density at radius 1 is 0.800 bits per heavy atom. The largest absolute Gasteiger partial charge is 0.488 e. The van der Waals surface area contributed by atoms with Gasteiger partial charge in [-0.05, 0) is 48.9 Å². The highest BCUT2D eigenvalue weighted by Crippen LogP contribution is 2.31. The Bertz CT molecular complexity index is 1270. The zero-order valence-electron chi connectivity index (χ0n) is 23.1. The Labute approximate surface area is 235 Å². The molecule has 0 atom stereocenters. The first-order valence-corrected chi connectivity index (χ1v) is 13.4. The summed E-state index contributed by atoms with van der Waals surface area (Å²) in [5.41, 5.74) is 3.63. The van der Waals surface area contributed by atoms with Gasteiger partial charge in [-0.25, -0.2) is 0 Å². The van der Waals surface area contributed by atoms with Crippen molar-refractivity contribution in [2.45, 2.75) is 6.92 Å². The second-order valence-corrected chi connectivity index (χ2v) is 9.57. The van der Waals surface area contributed by atoms with E-state index in [1.165, 1.54) is 7.11 Å². The highest BCUT2D eigenvalue weighted by Gasteiger charge is 2.21. The first-order chi connectivity index (χ1) is 19.5. The van der Waals surface area contributed by atoms with Crippen LogP contribution >= 0.6 is 0 Å². The predicted molar refractivity (Wildman–Crippen MR) is 156 cm³/mol. The van der Waals surface area contributed by atoms with Crippen molar-refractivity contribution in [1.29, 1.82) is 0 Å². The number of para-hydroxylation sites is 3. The zero-order valence-corrected chi connectivity index (χ0v) is 23.1. The fourth-order valence-electron chi connectivity index (χ4n) is 4.69. The van der Waals surface area contributed by atoms with Gasteiger partial charge < -0.3 is 34.0 Å². The molecule has 0 aliphatic carbocycles. The number of benzene rings is 3. The van der Waals surface area contributed by atoms with Crippen molar-refractivity contribution >= 4 is 28.8 Å². The van der Waals surface area contributed by atoms with Crippen LogP contribution in [0.25, 0.3) is 0 Å². The Kier molecular flexibility index (Phi) is 10.2. The number of rotatable bonds is 6. The summed E-state index contributed by atoms with van der Waals surface area (Å²) >= 11 is 0. The fourth-order valence-corrected chi connectivity index (χ4v) is 4.69. The van der Waals surface area contributed by atoms with E-state index in [0.29, 0.717) is 37.7 Å². The molecule has 9 heteroatoms. The standard InChI is InChI=1S/C31H37N3O6/c1-24-12-13-28-30(20-24)40-19-18-39-29-11-7-6-10-27(29)33(21-26(36)23-35)16-14-32(25-8-4-3-5-9-25)15-17-34(28)22-31(37)38-2/h3-13,20,35H,14-19,21-23H2,1-2H3. The topological polar surface area (TPSA) is 91.8 Å². The maximum Gasteiger partial charge on any atom is 0.325 e. The van der Waals surface area contributed by atoms with Crippen molar-refractivity contribution in [3.05, 3.63) is 78.4 Å². The normalized spacial score (nSPS) is 14.5. The van der Waals surface area contributed by atoms with Gasteiger partial charge in [-0.1, -0.05) is 36.4 Å². The lowest BCUT2D eigenvalue weighted by atomic mass is 10.2. The van der Waals surface area contributed by atoms with E-state index in [1.807, 2.05) is 89.5 Å². The van der Waals surface area contributed by atoms with Crippen LogP contribution in [-0.2, 0) is 14.3 Å². The number of aryl methyl sites for hydroxylation is 1. The molecule has 0 fully saturated rings. The van der Waals surface area contributed by atoms with Gasteiger partial charge in [-0.15, -0.1) is 0 Å². The summed E-state index contributed by atoms with van der Waals surface area (Å²) < 4.78 is 17.3. The Morgan fingerprint density at radius 2 is 1.43 bits per heavy atom. The molecule has 0 bridgehead atoms. The lowest BCUT2D eigenvalue weighted by Crippen LogP contribution is -2.43. The van der Waals surface area contributed by atoms with Gasteiger partial charge in [-0.2, -0.15) is 0 Å². The molecular weight excluding hydrogens is 510 g/mol. The van der Waals surface area contributed by atoms with Crippen molar-refractivity contribution in [3.8, 4) is 11.5 Å². The SMILES string of the molecule is COC(=O)CN1CCN(c2ccccc2)CCN(CC(=O)CO)c2ccccc2OCCOc2cc(C)ccc21. The third kappa shape index (κ3) is 7.66. The summed E-state index contributed by atoms with van der Waals surface area (Å²) in [6, 6.07) is 23.5. The van der Waals surface area contributed by atoms with Gasteiger partial charge in [0.1, 0.15) is 37.9 Å². The number of carbonyl (C=O) groups is 2. The number of anilines is 3. The maximum absolute atomic E-state index is 12.4. The van der Waals surface area contributed by atoms with Gasteiger partial charge in [0.05, 0.1) is 25.0 Å². The Morgan fingerprint density at radius 3 is 2.12 bits per heavy atom. The number of Topliss-reactive ketones (excluding diaryl/α,β-unsaturated/α-hetero) is 1. The average molecular weight is 548 g/mol. The fraction of sp³-hybridized carbons (Fsp3) is 0.355. The molecule has 0 spiro atoms. The molecule has 3 aromatic rings. The lowest BCUT2D eigenvalue weighted by molar-refractivity contribution is -0.139. The zero-order chi connectivity index (χ0) is 28.3. The van der Waals surface area contributed by atoms with Crippen molar-refractivity contribution in [3.63, 3.8) is 0 Å². The van der Waals surface area contributed by atoms with Crippen molar-refractivity contribution < 1.29 is 28.9 Å². The number of aliphatic hydroxyl groups excluding tert-OH is 1. The van der Waals surface area contributed by atoms with Crippen molar-refractivity contribution in [2.24, 2.45) is 0 Å². The van der Waals surface area contributed by atoms with Crippen LogP contribution in [-0.4, -0.2) is 83.1 Å². The first-order valence-electron chi connectivity index (χ1n) is 13.4. The van der Waals surface area contributed by atoms with Crippen LogP contribution in [0.1, 0.15) is 5.56 Å². The second kappa shape index (κ2) is 14.2. The molecule has 40 heavy (non-hydrogen) atoms. The molecule has 0 saturated heterocycles. The monoisotopic (exact) mass is 547 g/mol. The minimum Gasteiger partial charge on any atom is -0.488 e. The number of nitrogens with zero attached hydrogens (tertiary/aromatic N) is 3. The second-order valence-electron chi connectivity index (χ2n) is 9.57. The molecule has 1 aliphatic heterocycles. The van der Waals surface area contributed by atoms with Gasteiger partial charge in [0.15, 0.2) is 5.78 Å². The van der Waals surface area contributed by atoms with Gasteiger partial charge >= 0.3 is 5.97 Å². The van der Waals surface area contributed by atoms with E-state index in [9.17, 15) is 14.7 Å². The number of aliphatic hydroxyl groups is 1. The predicted octanol–water partition coefficient (Wildman–Crippen LogP) is 3.32. The number of esters is 1. The van der Waals surface area contributed by atoms with Crippen LogP contribution < -0.4 is 24.2 Å². The molecule has 9 nitrogen and oxygen atoms in total. The van der Waals surface area contributed by atoms with Crippen LogP contribution in [0.5, 0.6) is 11.5 Å². The minimum absolute atomic E-state index is 0.0508. The van der Waals surface area contributed by atoms with Gasteiger partial charge in [-0.3, -0.25) is 9.59 Å². The molecule has 0 saturated carbocycles. The molecule has 0 radical (unpaired) electrons. The van der Waals surface area contributed by atoms with E-state index in [0.717, 1.165) is 22.6 Å². The number of carbonyl (C=O) groups excluding carboxylic acids is 2. The van der Waals surface area contributed by atoms with Crippen LogP contribution in [0, 0.1) is 6.92 Å². The van der Waals surface area contributed by atoms with E-state index in [2.05, 4.69) is 4.90 Å².